The van der Waals surface area contributed by atoms with E-state index in [0.717, 1.165) is 38.5 Å². The van der Waals surface area contributed by atoms with Gasteiger partial charge < -0.3 is 28.6 Å². The van der Waals surface area contributed by atoms with Crippen molar-refractivity contribution in [1.29, 1.82) is 0 Å². The maximum absolute atomic E-state index is 12.8. The van der Waals surface area contributed by atoms with E-state index in [9.17, 15) is 19.5 Å². The van der Waals surface area contributed by atoms with E-state index < -0.39 is 18.1 Å². The lowest BCUT2D eigenvalue weighted by Gasteiger charge is -2.34. The van der Waals surface area contributed by atoms with Crippen LogP contribution >= 0.6 is 0 Å². The summed E-state index contributed by atoms with van der Waals surface area (Å²) in [4.78, 5) is 36.9. The highest BCUT2D eigenvalue weighted by Gasteiger charge is 2.25. The summed E-state index contributed by atoms with van der Waals surface area (Å²) < 4.78 is 17.2. The van der Waals surface area contributed by atoms with Crippen LogP contribution in [0.1, 0.15) is 245 Å². The van der Waals surface area contributed by atoms with Gasteiger partial charge in [0, 0.05) is 19.3 Å². The van der Waals surface area contributed by atoms with Gasteiger partial charge in [0.15, 0.2) is 6.10 Å². The molecule has 0 heterocycles. The topological polar surface area (TPSA) is 102 Å². The largest absolute Gasteiger partial charge is 0.544 e. The smallest absolute Gasteiger partial charge is 0.306 e. The van der Waals surface area contributed by atoms with Gasteiger partial charge in [-0.15, -0.1) is 0 Å². The summed E-state index contributed by atoms with van der Waals surface area (Å²) in [5.41, 5.74) is 0. The van der Waals surface area contributed by atoms with Crippen LogP contribution < -0.4 is 5.11 Å². The number of ether oxygens (including phenoxy) is 3. The molecular formula is C51H97NO7. The zero-order valence-electron chi connectivity index (χ0n) is 39.7. The molecule has 8 heteroatoms. The van der Waals surface area contributed by atoms with Gasteiger partial charge in [0.1, 0.15) is 12.6 Å². The van der Waals surface area contributed by atoms with Crippen LogP contribution in [0, 0.1) is 0 Å². The van der Waals surface area contributed by atoms with Crippen LogP contribution in [-0.4, -0.2) is 75.5 Å². The molecule has 0 saturated heterocycles. The van der Waals surface area contributed by atoms with Gasteiger partial charge >= 0.3 is 11.9 Å². The number of hydrogen-bond donors (Lipinski definition) is 0. The van der Waals surface area contributed by atoms with Crippen molar-refractivity contribution in [1.82, 2.24) is 0 Å². The average Bonchev–Trinajstić information content (AvgIpc) is 3.19. The maximum Gasteiger partial charge on any atom is 0.306 e. The van der Waals surface area contributed by atoms with Crippen LogP contribution in [0.5, 0.6) is 0 Å². The molecule has 0 aliphatic rings. The van der Waals surface area contributed by atoms with Crippen LogP contribution in [-0.2, 0) is 28.6 Å². The van der Waals surface area contributed by atoms with Crippen molar-refractivity contribution in [2.45, 2.75) is 257 Å². The van der Waals surface area contributed by atoms with Crippen molar-refractivity contribution in [3.05, 3.63) is 12.2 Å². The minimum absolute atomic E-state index is 0.0466. The zero-order chi connectivity index (χ0) is 43.5. The number of carboxylic acid groups (broad SMARTS) is 1. The Balaban J connectivity index is 4.16. The Morgan fingerprint density at radius 3 is 1.22 bits per heavy atom. The number of hydrogen-bond acceptors (Lipinski definition) is 7. The summed E-state index contributed by atoms with van der Waals surface area (Å²) in [5.74, 6) is -1.72. The third kappa shape index (κ3) is 41.2. The fourth-order valence-electron chi connectivity index (χ4n) is 7.71. The van der Waals surface area contributed by atoms with Crippen molar-refractivity contribution in [2.75, 3.05) is 41.0 Å². The zero-order valence-corrected chi connectivity index (χ0v) is 39.7. The highest BCUT2D eigenvalue weighted by molar-refractivity contribution is 5.70. The van der Waals surface area contributed by atoms with Gasteiger partial charge in [-0.05, 0) is 38.5 Å². The minimum atomic E-state index is -1.12. The highest BCUT2D eigenvalue weighted by Crippen LogP contribution is 2.16. The third-order valence-electron chi connectivity index (χ3n) is 11.7. The second kappa shape index (κ2) is 42.7. The van der Waals surface area contributed by atoms with E-state index in [1.165, 1.54) is 173 Å². The Hall–Kier alpha value is -1.93. The molecule has 0 saturated carbocycles. The molecule has 2 atom stereocenters. The molecule has 0 bridgehead atoms. The minimum Gasteiger partial charge on any atom is -0.544 e. The number of esters is 2. The molecule has 0 aromatic heterocycles. The van der Waals surface area contributed by atoms with Crippen LogP contribution in [0.15, 0.2) is 12.2 Å². The molecule has 0 aliphatic carbocycles. The number of nitrogens with zero attached hydrogens (tertiary/aromatic N) is 1. The first-order chi connectivity index (χ1) is 28.6. The summed E-state index contributed by atoms with van der Waals surface area (Å²) in [7, 11) is 5.42. The number of likely N-dealkylation sites (N-methyl/N-ethyl adjacent to an activating group) is 1. The molecule has 0 spiro atoms. The Morgan fingerprint density at radius 2 is 0.847 bits per heavy atom. The monoisotopic (exact) mass is 836 g/mol. The van der Waals surface area contributed by atoms with Gasteiger partial charge in [0.05, 0.1) is 40.3 Å². The number of unbranched alkanes of at least 4 members (excludes halogenated alkanes) is 30. The van der Waals surface area contributed by atoms with Crippen molar-refractivity contribution < 1.29 is 38.2 Å². The second-order valence-corrected chi connectivity index (χ2v) is 18.4. The molecule has 0 rings (SSSR count). The predicted octanol–water partition coefficient (Wildman–Crippen LogP) is 12.9. The maximum atomic E-state index is 12.8. The SMILES string of the molecule is CCCCCCCCCC/C=C\CCCCCCCCCCCCCC(=O)OC(COCCC(C(=O)[O-])[N+](C)(C)C)COC(=O)CCCCCCCCCCCCCC. The fourth-order valence-corrected chi connectivity index (χ4v) is 7.71. The molecule has 0 fully saturated rings. The third-order valence-corrected chi connectivity index (χ3v) is 11.7. The van der Waals surface area contributed by atoms with Gasteiger partial charge in [-0.1, -0.05) is 199 Å². The Morgan fingerprint density at radius 1 is 0.492 bits per heavy atom. The van der Waals surface area contributed by atoms with Crippen molar-refractivity contribution >= 4 is 17.9 Å². The molecule has 0 radical (unpaired) electrons. The molecule has 0 aromatic rings. The van der Waals surface area contributed by atoms with E-state index in [2.05, 4.69) is 26.0 Å². The molecule has 0 aromatic carbocycles. The van der Waals surface area contributed by atoms with Crippen molar-refractivity contribution in [2.24, 2.45) is 0 Å². The van der Waals surface area contributed by atoms with Gasteiger partial charge in [-0.3, -0.25) is 9.59 Å². The highest BCUT2D eigenvalue weighted by atomic mass is 16.6. The number of rotatable bonds is 46. The van der Waals surface area contributed by atoms with Gasteiger partial charge in [0.25, 0.3) is 0 Å². The fraction of sp³-hybridized carbons (Fsp3) is 0.902. The summed E-state index contributed by atoms with van der Waals surface area (Å²) in [6.07, 6.45) is 46.7. The normalized spacial score (nSPS) is 12.9. The number of carbonyl (C=O) groups is 3. The Labute approximate surface area is 365 Å². The average molecular weight is 836 g/mol. The molecule has 348 valence electrons. The Kier molecular flexibility index (Phi) is 41.3. The number of carboxylic acids is 1. The van der Waals surface area contributed by atoms with E-state index in [0.29, 0.717) is 12.8 Å². The molecule has 59 heavy (non-hydrogen) atoms. The standard InChI is InChI=1S/C51H97NO7/c1-6-8-10-12-14-16-18-20-21-22-23-24-25-26-27-28-29-30-32-34-36-38-40-42-50(54)59-47(45-57-44-43-48(51(55)56)52(3,4)5)46-58-49(53)41-39-37-35-33-31-19-17-15-13-11-9-7-2/h22-23,47-48H,6-21,24-46H2,1-5H3/b23-22-. The predicted molar refractivity (Wildman–Crippen MR) is 245 cm³/mol. The molecule has 0 N–H and O–H groups in total. The summed E-state index contributed by atoms with van der Waals surface area (Å²) in [5, 5.41) is 11.6. The van der Waals surface area contributed by atoms with E-state index in [-0.39, 0.29) is 42.7 Å². The van der Waals surface area contributed by atoms with E-state index in [1.807, 2.05) is 21.1 Å². The number of carbonyl (C=O) groups excluding carboxylic acids is 3. The van der Waals surface area contributed by atoms with Crippen LogP contribution in [0.4, 0.5) is 0 Å². The lowest BCUT2D eigenvalue weighted by molar-refractivity contribution is -0.889. The number of aliphatic carboxylic acids is 1. The van der Waals surface area contributed by atoms with Crippen LogP contribution in [0.3, 0.4) is 0 Å². The molecule has 8 nitrogen and oxygen atoms in total. The quantitative estimate of drug-likeness (QED) is 0.0260. The lowest BCUT2D eigenvalue weighted by Crippen LogP contribution is -2.55. The van der Waals surface area contributed by atoms with Crippen LogP contribution in [0.25, 0.3) is 0 Å². The van der Waals surface area contributed by atoms with E-state index >= 15 is 0 Å². The van der Waals surface area contributed by atoms with E-state index in [1.54, 1.807) is 0 Å². The molecular weight excluding hydrogens is 739 g/mol. The first-order valence-electron chi connectivity index (χ1n) is 25.2. The van der Waals surface area contributed by atoms with Crippen molar-refractivity contribution in [3.8, 4) is 0 Å². The van der Waals surface area contributed by atoms with Crippen LogP contribution in [0.2, 0.25) is 0 Å². The van der Waals surface area contributed by atoms with Gasteiger partial charge in [-0.25, -0.2) is 0 Å². The second-order valence-electron chi connectivity index (χ2n) is 18.4. The lowest BCUT2D eigenvalue weighted by atomic mass is 10.0. The van der Waals surface area contributed by atoms with Gasteiger partial charge in [-0.2, -0.15) is 0 Å². The summed E-state index contributed by atoms with van der Waals surface area (Å²) >= 11 is 0. The molecule has 2 unspecified atom stereocenters. The number of allylic oxidation sites excluding steroid dienone is 2. The Bertz CT molecular complexity index is 978. The molecule has 0 amide bonds. The molecule has 0 aliphatic heterocycles. The summed E-state index contributed by atoms with van der Waals surface area (Å²) in [6.45, 7) is 4.69. The summed E-state index contributed by atoms with van der Waals surface area (Å²) in [6, 6.07) is -0.721. The first kappa shape index (κ1) is 57.1. The van der Waals surface area contributed by atoms with E-state index in [4.69, 9.17) is 14.2 Å². The number of quaternary nitrogens is 1. The van der Waals surface area contributed by atoms with Gasteiger partial charge in [0.2, 0.25) is 0 Å². The first-order valence-corrected chi connectivity index (χ1v) is 25.2. The van der Waals surface area contributed by atoms with Crippen molar-refractivity contribution in [3.63, 3.8) is 0 Å².